The first-order valence-corrected chi connectivity index (χ1v) is 9.35. The third kappa shape index (κ3) is 3.08. The molecule has 0 unspecified atom stereocenters. The molecular weight excluding hydrogens is 304 g/mol. The Bertz CT molecular complexity index is 584. The number of carbonyl (C=O) groups excluding carboxylic acids is 2. The first kappa shape index (κ1) is 15.7. The van der Waals surface area contributed by atoms with Gasteiger partial charge in [0.2, 0.25) is 11.8 Å². The van der Waals surface area contributed by atoms with Crippen LogP contribution >= 0.6 is 0 Å². The van der Waals surface area contributed by atoms with Gasteiger partial charge in [0.1, 0.15) is 5.76 Å². The Balaban J connectivity index is 1.27. The van der Waals surface area contributed by atoms with E-state index < -0.39 is 0 Å². The molecular formula is C19H26N2O3. The molecule has 0 radical (unpaired) electrons. The fourth-order valence-corrected chi connectivity index (χ4v) is 4.24. The number of likely N-dealkylation sites (tertiary alicyclic amines) is 2. The van der Waals surface area contributed by atoms with Gasteiger partial charge in [0.05, 0.1) is 6.26 Å². The van der Waals surface area contributed by atoms with Crippen LogP contribution in [-0.4, -0.2) is 47.8 Å². The van der Waals surface area contributed by atoms with Gasteiger partial charge in [-0.25, -0.2) is 0 Å². The standard InChI is InChI=1S/C19H26N2O3/c22-18(20-8-2-1-3-9-20)14-6-10-21(11-7-14)19(23)16-13-15(16)17-5-4-12-24-17/h4-5,12,14-16H,1-3,6-11,13H2/t15-,16+/m0/s1. The quantitative estimate of drug-likeness (QED) is 0.856. The Kier molecular flexibility index (Phi) is 4.33. The fourth-order valence-electron chi connectivity index (χ4n) is 4.24. The fraction of sp³-hybridized carbons (Fsp3) is 0.684. The lowest BCUT2D eigenvalue weighted by atomic mass is 9.94. The zero-order chi connectivity index (χ0) is 16.5. The lowest BCUT2D eigenvalue weighted by Gasteiger charge is -2.35. The van der Waals surface area contributed by atoms with Gasteiger partial charge in [0.25, 0.3) is 0 Å². The average molecular weight is 330 g/mol. The smallest absolute Gasteiger partial charge is 0.226 e. The average Bonchev–Trinajstić information content (AvgIpc) is 3.26. The normalized spacial score (nSPS) is 28.0. The number of rotatable bonds is 3. The number of carbonyl (C=O) groups is 2. The van der Waals surface area contributed by atoms with Crippen LogP contribution in [-0.2, 0) is 9.59 Å². The van der Waals surface area contributed by atoms with E-state index in [1.54, 1.807) is 6.26 Å². The first-order chi connectivity index (χ1) is 11.7. The third-order valence-electron chi connectivity index (χ3n) is 5.84. The summed E-state index contributed by atoms with van der Waals surface area (Å²) in [6.07, 6.45) is 7.73. The molecule has 2 aliphatic heterocycles. The second-order valence-electron chi connectivity index (χ2n) is 7.45. The van der Waals surface area contributed by atoms with Crippen molar-refractivity contribution in [1.82, 2.24) is 9.80 Å². The molecule has 1 aromatic rings. The summed E-state index contributed by atoms with van der Waals surface area (Å²) in [5, 5.41) is 0. The van der Waals surface area contributed by atoms with E-state index in [0.717, 1.165) is 64.0 Å². The lowest BCUT2D eigenvalue weighted by molar-refractivity contribution is -0.141. The highest BCUT2D eigenvalue weighted by Crippen LogP contribution is 2.48. The van der Waals surface area contributed by atoms with Crippen LogP contribution in [0.4, 0.5) is 0 Å². The number of nitrogens with zero attached hydrogens (tertiary/aromatic N) is 2. The minimum absolute atomic E-state index is 0.0884. The van der Waals surface area contributed by atoms with Crippen molar-refractivity contribution >= 4 is 11.8 Å². The summed E-state index contributed by atoms with van der Waals surface area (Å²) in [7, 11) is 0. The maximum Gasteiger partial charge on any atom is 0.226 e. The molecule has 0 bridgehead atoms. The molecule has 3 fully saturated rings. The molecule has 2 saturated heterocycles. The zero-order valence-corrected chi connectivity index (χ0v) is 14.2. The van der Waals surface area contributed by atoms with E-state index in [1.807, 2.05) is 21.9 Å². The maximum absolute atomic E-state index is 12.6. The molecule has 5 nitrogen and oxygen atoms in total. The van der Waals surface area contributed by atoms with Crippen LogP contribution in [0.1, 0.15) is 50.2 Å². The summed E-state index contributed by atoms with van der Waals surface area (Å²) in [6.45, 7) is 3.30. The van der Waals surface area contributed by atoms with Crippen LogP contribution in [0.3, 0.4) is 0 Å². The van der Waals surface area contributed by atoms with Crippen LogP contribution in [0.2, 0.25) is 0 Å². The van der Waals surface area contributed by atoms with Gasteiger partial charge >= 0.3 is 0 Å². The molecule has 2 atom stereocenters. The number of amides is 2. The van der Waals surface area contributed by atoms with E-state index in [2.05, 4.69) is 0 Å². The molecule has 2 amide bonds. The van der Waals surface area contributed by atoms with Gasteiger partial charge in [-0.1, -0.05) is 0 Å². The SMILES string of the molecule is O=C(C1CCN(C(=O)[C@@H]2C[C@@H]2c2ccco2)CC1)N1CCCCC1. The van der Waals surface area contributed by atoms with E-state index in [0.29, 0.717) is 5.91 Å². The molecule has 24 heavy (non-hydrogen) atoms. The van der Waals surface area contributed by atoms with E-state index >= 15 is 0 Å². The van der Waals surface area contributed by atoms with Crippen LogP contribution in [0.15, 0.2) is 22.8 Å². The van der Waals surface area contributed by atoms with E-state index in [1.165, 1.54) is 6.42 Å². The number of hydrogen-bond donors (Lipinski definition) is 0. The van der Waals surface area contributed by atoms with Crippen LogP contribution < -0.4 is 0 Å². The summed E-state index contributed by atoms with van der Waals surface area (Å²) in [5.74, 6) is 1.98. The molecule has 0 spiro atoms. The van der Waals surface area contributed by atoms with Gasteiger partial charge in [-0.15, -0.1) is 0 Å². The Morgan fingerprint density at radius 1 is 0.958 bits per heavy atom. The highest BCUT2D eigenvalue weighted by Gasteiger charge is 2.48. The van der Waals surface area contributed by atoms with Crippen molar-refractivity contribution in [3.63, 3.8) is 0 Å². The van der Waals surface area contributed by atoms with Crippen molar-refractivity contribution in [2.45, 2.75) is 44.4 Å². The minimum atomic E-state index is 0.0884. The molecule has 4 rings (SSSR count). The number of hydrogen-bond acceptors (Lipinski definition) is 3. The van der Waals surface area contributed by atoms with Crippen molar-refractivity contribution in [2.24, 2.45) is 11.8 Å². The Labute approximate surface area is 143 Å². The maximum atomic E-state index is 12.6. The third-order valence-corrected chi connectivity index (χ3v) is 5.84. The van der Waals surface area contributed by atoms with Crippen molar-refractivity contribution in [3.05, 3.63) is 24.2 Å². The van der Waals surface area contributed by atoms with Gasteiger partial charge in [-0.2, -0.15) is 0 Å². The van der Waals surface area contributed by atoms with Crippen LogP contribution in [0, 0.1) is 11.8 Å². The molecule has 1 aromatic heterocycles. The molecule has 5 heteroatoms. The predicted molar refractivity (Wildman–Crippen MR) is 89.3 cm³/mol. The van der Waals surface area contributed by atoms with Gasteiger partial charge in [-0.3, -0.25) is 9.59 Å². The first-order valence-electron chi connectivity index (χ1n) is 9.35. The van der Waals surface area contributed by atoms with Gasteiger partial charge in [0, 0.05) is 43.9 Å². The highest BCUT2D eigenvalue weighted by molar-refractivity contribution is 5.83. The van der Waals surface area contributed by atoms with Crippen molar-refractivity contribution < 1.29 is 14.0 Å². The largest absolute Gasteiger partial charge is 0.469 e. The molecule has 0 aromatic carbocycles. The highest BCUT2D eigenvalue weighted by atomic mass is 16.3. The summed E-state index contributed by atoms with van der Waals surface area (Å²) in [6, 6.07) is 3.84. The van der Waals surface area contributed by atoms with Gasteiger partial charge in [0.15, 0.2) is 0 Å². The van der Waals surface area contributed by atoms with Gasteiger partial charge < -0.3 is 14.2 Å². The molecule has 1 saturated carbocycles. The second-order valence-corrected chi connectivity index (χ2v) is 7.45. The summed E-state index contributed by atoms with van der Waals surface area (Å²) in [4.78, 5) is 29.2. The second kappa shape index (κ2) is 6.61. The topological polar surface area (TPSA) is 53.8 Å². The molecule has 0 N–H and O–H groups in total. The molecule has 3 aliphatic rings. The van der Waals surface area contributed by atoms with Crippen LogP contribution in [0.5, 0.6) is 0 Å². The molecule has 3 heterocycles. The Morgan fingerprint density at radius 2 is 1.67 bits per heavy atom. The minimum Gasteiger partial charge on any atom is -0.469 e. The Hall–Kier alpha value is -1.78. The Morgan fingerprint density at radius 3 is 2.33 bits per heavy atom. The van der Waals surface area contributed by atoms with Crippen molar-refractivity contribution in [2.75, 3.05) is 26.2 Å². The lowest BCUT2D eigenvalue weighted by Crippen LogP contribution is -2.46. The van der Waals surface area contributed by atoms with E-state index in [-0.39, 0.29) is 23.7 Å². The number of furan rings is 1. The summed E-state index contributed by atoms with van der Waals surface area (Å²) >= 11 is 0. The predicted octanol–water partition coefficient (Wildman–Crippen LogP) is 2.63. The monoisotopic (exact) mass is 330 g/mol. The molecule has 130 valence electrons. The summed E-state index contributed by atoms with van der Waals surface area (Å²) < 4.78 is 5.42. The van der Waals surface area contributed by atoms with Crippen molar-refractivity contribution in [1.29, 1.82) is 0 Å². The van der Waals surface area contributed by atoms with Crippen molar-refractivity contribution in [3.8, 4) is 0 Å². The van der Waals surface area contributed by atoms with Crippen LogP contribution in [0.25, 0.3) is 0 Å². The van der Waals surface area contributed by atoms with E-state index in [9.17, 15) is 9.59 Å². The van der Waals surface area contributed by atoms with Gasteiger partial charge in [-0.05, 0) is 50.7 Å². The zero-order valence-electron chi connectivity index (χ0n) is 14.2. The molecule has 1 aliphatic carbocycles. The summed E-state index contributed by atoms with van der Waals surface area (Å²) in [5.41, 5.74) is 0. The van der Waals surface area contributed by atoms with E-state index in [4.69, 9.17) is 4.42 Å². The number of piperidine rings is 2.